The molecule has 2 fully saturated rings. The number of halogens is 1. The Balaban J connectivity index is 1.44. The lowest BCUT2D eigenvalue weighted by Crippen LogP contribution is -2.52. The van der Waals surface area contributed by atoms with Gasteiger partial charge in [-0.25, -0.2) is 4.39 Å². The van der Waals surface area contributed by atoms with Crippen LogP contribution in [0, 0.1) is 5.82 Å². The molecule has 4 heteroatoms. The van der Waals surface area contributed by atoms with Gasteiger partial charge in [-0.3, -0.25) is 9.69 Å². The minimum atomic E-state index is -0.201. The number of hydrogen-bond acceptors (Lipinski definition) is 2. The Labute approximate surface area is 179 Å². The van der Waals surface area contributed by atoms with Crippen molar-refractivity contribution >= 4 is 5.91 Å². The quantitative estimate of drug-likeness (QED) is 0.713. The maximum absolute atomic E-state index is 13.5. The van der Waals surface area contributed by atoms with Crippen LogP contribution in [0.2, 0.25) is 0 Å². The Morgan fingerprint density at radius 1 is 0.967 bits per heavy atom. The van der Waals surface area contributed by atoms with Crippen molar-refractivity contribution in [3.05, 3.63) is 71.5 Å². The molecule has 1 saturated heterocycles. The fraction of sp³-hybridized carbons (Fsp3) is 0.500. The van der Waals surface area contributed by atoms with Gasteiger partial charge in [0, 0.05) is 18.5 Å². The SMILES string of the molecule is O=C(NCC1(c2ccc(F)cc2)CCCCC1)C1CCCCN1Cc1ccccc1. The van der Waals surface area contributed by atoms with Gasteiger partial charge in [0.1, 0.15) is 5.82 Å². The van der Waals surface area contributed by atoms with E-state index >= 15 is 0 Å². The molecule has 3 nitrogen and oxygen atoms in total. The first-order valence-electron chi connectivity index (χ1n) is 11.5. The van der Waals surface area contributed by atoms with E-state index in [-0.39, 0.29) is 23.2 Å². The highest BCUT2D eigenvalue weighted by Gasteiger charge is 2.36. The van der Waals surface area contributed by atoms with Crippen LogP contribution < -0.4 is 5.32 Å². The average molecular weight is 409 g/mol. The maximum atomic E-state index is 13.5. The number of nitrogens with one attached hydrogen (secondary N) is 1. The van der Waals surface area contributed by atoms with Crippen molar-refractivity contribution in [3.8, 4) is 0 Å². The highest BCUT2D eigenvalue weighted by Crippen LogP contribution is 2.39. The van der Waals surface area contributed by atoms with Crippen LogP contribution in [0.15, 0.2) is 54.6 Å². The molecule has 4 rings (SSSR count). The van der Waals surface area contributed by atoms with E-state index in [2.05, 4.69) is 34.5 Å². The number of carbonyl (C=O) groups is 1. The van der Waals surface area contributed by atoms with Crippen molar-refractivity contribution in [1.82, 2.24) is 10.2 Å². The highest BCUT2D eigenvalue weighted by atomic mass is 19.1. The molecule has 1 aliphatic carbocycles. The molecule has 0 aromatic heterocycles. The molecule has 2 aromatic carbocycles. The zero-order valence-corrected chi connectivity index (χ0v) is 17.8. The summed E-state index contributed by atoms with van der Waals surface area (Å²) in [6.45, 7) is 2.44. The summed E-state index contributed by atoms with van der Waals surface area (Å²) in [5.74, 6) is -0.0507. The van der Waals surface area contributed by atoms with Gasteiger partial charge in [-0.05, 0) is 55.5 Å². The van der Waals surface area contributed by atoms with Gasteiger partial charge in [-0.15, -0.1) is 0 Å². The highest BCUT2D eigenvalue weighted by molar-refractivity contribution is 5.82. The van der Waals surface area contributed by atoms with Crippen LogP contribution >= 0.6 is 0 Å². The van der Waals surface area contributed by atoms with Gasteiger partial charge in [0.05, 0.1) is 6.04 Å². The number of amides is 1. The lowest BCUT2D eigenvalue weighted by atomic mass is 9.69. The Morgan fingerprint density at radius 2 is 1.70 bits per heavy atom. The molecule has 30 heavy (non-hydrogen) atoms. The number of piperidine rings is 1. The summed E-state index contributed by atoms with van der Waals surface area (Å²) in [5.41, 5.74) is 2.35. The third-order valence-electron chi connectivity index (χ3n) is 7.01. The van der Waals surface area contributed by atoms with Crippen molar-refractivity contribution < 1.29 is 9.18 Å². The molecule has 0 radical (unpaired) electrons. The summed E-state index contributed by atoms with van der Waals surface area (Å²) in [7, 11) is 0. The number of benzene rings is 2. The third-order valence-corrected chi connectivity index (χ3v) is 7.01. The van der Waals surface area contributed by atoms with Crippen molar-refractivity contribution in [2.45, 2.75) is 69.4 Å². The zero-order chi connectivity index (χ0) is 20.8. The number of likely N-dealkylation sites (tertiary alicyclic amines) is 1. The van der Waals surface area contributed by atoms with Crippen molar-refractivity contribution in [1.29, 1.82) is 0 Å². The lowest BCUT2D eigenvalue weighted by Gasteiger charge is -2.40. The molecule has 160 valence electrons. The maximum Gasteiger partial charge on any atom is 0.237 e. The number of carbonyl (C=O) groups excluding carboxylic acids is 1. The molecule has 2 aliphatic rings. The van der Waals surface area contributed by atoms with E-state index in [1.807, 2.05) is 18.2 Å². The molecule has 1 aliphatic heterocycles. The average Bonchev–Trinajstić information content (AvgIpc) is 2.80. The largest absolute Gasteiger partial charge is 0.354 e. The first-order chi connectivity index (χ1) is 14.7. The normalized spacial score (nSPS) is 21.8. The smallest absolute Gasteiger partial charge is 0.237 e. The van der Waals surface area contributed by atoms with Gasteiger partial charge in [0.2, 0.25) is 5.91 Å². The summed E-state index contributed by atoms with van der Waals surface area (Å²) in [5, 5.41) is 3.32. The van der Waals surface area contributed by atoms with E-state index < -0.39 is 0 Å². The van der Waals surface area contributed by atoms with E-state index in [1.165, 1.54) is 12.0 Å². The molecule has 0 spiro atoms. The Bertz CT molecular complexity index is 815. The van der Waals surface area contributed by atoms with Crippen LogP contribution in [0.5, 0.6) is 0 Å². The van der Waals surface area contributed by atoms with Crippen molar-refractivity contribution in [2.24, 2.45) is 0 Å². The summed E-state index contributed by atoms with van der Waals surface area (Å²) < 4.78 is 13.5. The molecule has 2 aromatic rings. The van der Waals surface area contributed by atoms with Crippen LogP contribution in [-0.4, -0.2) is 29.9 Å². The van der Waals surface area contributed by atoms with Crippen LogP contribution in [0.25, 0.3) is 0 Å². The molecule has 0 bridgehead atoms. The van der Waals surface area contributed by atoms with E-state index in [4.69, 9.17) is 0 Å². The summed E-state index contributed by atoms with van der Waals surface area (Å²) >= 11 is 0. The van der Waals surface area contributed by atoms with Gasteiger partial charge in [-0.1, -0.05) is 68.1 Å². The van der Waals surface area contributed by atoms with Crippen LogP contribution in [-0.2, 0) is 16.8 Å². The van der Waals surface area contributed by atoms with Gasteiger partial charge in [0.25, 0.3) is 0 Å². The molecule has 1 N–H and O–H groups in total. The van der Waals surface area contributed by atoms with Gasteiger partial charge in [-0.2, -0.15) is 0 Å². The van der Waals surface area contributed by atoms with Crippen molar-refractivity contribution in [3.63, 3.8) is 0 Å². The predicted octanol–water partition coefficient (Wildman–Crippen LogP) is 5.20. The van der Waals surface area contributed by atoms with Crippen LogP contribution in [0.1, 0.15) is 62.5 Å². The molecule has 1 heterocycles. The minimum absolute atomic E-state index is 0.0622. The Hall–Kier alpha value is -2.20. The topological polar surface area (TPSA) is 32.3 Å². The van der Waals surface area contributed by atoms with Crippen LogP contribution in [0.3, 0.4) is 0 Å². The van der Waals surface area contributed by atoms with Crippen LogP contribution in [0.4, 0.5) is 4.39 Å². The second kappa shape index (κ2) is 9.74. The van der Waals surface area contributed by atoms with E-state index in [9.17, 15) is 9.18 Å². The summed E-state index contributed by atoms with van der Waals surface area (Å²) in [4.78, 5) is 15.6. The summed E-state index contributed by atoms with van der Waals surface area (Å²) in [6, 6.07) is 17.3. The molecule has 1 unspecified atom stereocenters. The molecule has 1 amide bonds. The van der Waals surface area contributed by atoms with Gasteiger partial charge < -0.3 is 5.32 Å². The predicted molar refractivity (Wildman–Crippen MR) is 119 cm³/mol. The second-order valence-corrected chi connectivity index (χ2v) is 9.03. The lowest BCUT2D eigenvalue weighted by molar-refractivity contribution is -0.128. The van der Waals surface area contributed by atoms with Gasteiger partial charge >= 0.3 is 0 Å². The number of hydrogen-bond donors (Lipinski definition) is 1. The van der Waals surface area contributed by atoms with Gasteiger partial charge in [0.15, 0.2) is 0 Å². The first kappa shape index (κ1) is 21.0. The number of nitrogens with zero attached hydrogens (tertiary/aromatic N) is 1. The molecular formula is C26H33FN2O. The Kier molecular flexibility index (Phi) is 6.83. The monoisotopic (exact) mass is 408 g/mol. The molecule has 1 saturated carbocycles. The molecular weight excluding hydrogens is 375 g/mol. The van der Waals surface area contributed by atoms with E-state index in [1.54, 1.807) is 12.1 Å². The fourth-order valence-corrected chi connectivity index (χ4v) is 5.27. The Morgan fingerprint density at radius 3 is 2.43 bits per heavy atom. The second-order valence-electron chi connectivity index (χ2n) is 9.03. The standard InChI is InChI=1S/C26H33FN2O/c27-23-14-12-22(13-15-23)26(16-6-2-7-17-26)20-28-25(30)24-11-5-8-18-29(24)19-21-9-3-1-4-10-21/h1,3-4,9-10,12-15,24H,2,5-8,11,16-20H2,(H,28,30). The van der Waals surface area contributed by atoms with E-state index in [0.29, 0.717) is 6.54 Å². The van der Waals surface area contributed by atoms with Crippen molar-refractivity contribution in [2.75, 3.05) is 13.1 Å². The number of rotatable bonds is 6. The van der Waals surface area contributed by atoms with E-state index in [0.717, 1.165) is 63.6 Å². The fourth-order valence-electron chi connectivity index (χ4n) is 5.27. The zero-order valence-electron chi connectivity index (χ0n) is 17.8. The molecule has 1 atom stereocenters. The first-order valence-corrected chi connectivity index (χ1v) is 11.5. The third kappa shape index (κ3) is 4.92. The summed E-state index contributed by atoms with van der Waals surface area (Å²) in [6.07, 6.45) is 8.84. The minimum Gasteiger partial charge on any atom is -0.354 e.